The molecule has 96 valence electrons. The minimum absolute atomic E-state index is 0.301. The zero-order valence-corrected chi connectivity index (χ0v) is 12.2. The molecule has 0 unspecified atom stereocenters. The van der Waals surface area contributed by atoms with Crippen LogP contribution in [0.5, 0.6) is 0 Å². The number of hydrogen-bond acceptors (Lipinski definition) is 6. The Labute approximate surface area is 114 Å². The molecule has 2 aromatic rings. The molecule has 0 aliphatic rings. The lowest BCUT2D eigenvalue weighted by Crippen LogP contribution is -2.01. The van der Waals surface area contributed by atoms with Gasteiger partial charge in [0.15, 0.2) is 0 Å². The van der Waals surface area contributed by atoms with Gasteiger partial charge in [-0.25, -0.2) is 14.8 Å². The van der Waals surface area contributed by atoms with Crippen molar-refractivity contribution in [2.45, 2.75) is 26.7 Å². The van der Waals surface area contributed by atoms with Crippen molar-refractivity contribution >= 4 is 28.6 Å². The van der Waals surface area contributed by atoms with Gasteiger partial charge < -0.3 is 4.74 Å². The van der Waals surface area contributed by atoms with Gasteiger partial charge in [0.25, 0.3) is 0 Å². The number of ether oxygens (including phenoxy) is 1. The molecular weight excluding hydrogens is 268 g/mol. The predicted molar refractivity (Wildman–Crippen MR) is 72.5 cm³/mol. The number of carbonyl (C=O) groups excluding carboxylic acids is 1. The van der Waals surface area contributed by atoms with E-state index in [1.54, 1.807) is 11.3 Å². The lowest BCUT2D eigenvalue weighted by molar-refractivity contribution is 0.0605. The van der Waals surface area contributed by atoms with E-state index in [0.29, 0.717) is 11.3 Å². The van der Waals surface area contributed by atoms with E-state index in [0.717, 1.165) is 27.8 Å². The lowest BCUT2D eigenvalue weighted by atomic mass is 10.3. The summed E-state index contributed by atoms with van der Waals surface area (Å²) in [7, 11) is 1.39. The van der Waals surface area contributed by atoms with Gasteiger partial charge in [0.1, 0.15) is 4.88 Å². The molecule has 18 heavy (non-hydrogen) atoms. The molecule has 6 heteroatoms. The molecule has 0 aromatic carbocycles. The maximum absolute atomic E-state index is 11.6. The molecular formula is C12H14N2O2S2. The fourth-order valence-corrected chi connectivity index (χ4v) is 3.31. The summed E-state index contributed by atoms with van der Waals surface area (Å²) in [4.78, 5) is 21.1. The Morgan fingerprint density at radius 1 is 1.44 bits per heavy atom. The van der Waals surface area contributed by atoms with E-state index in [-0.39, 0.29) is 5.97 Å². The zero-order chi connectivity index (χ0) is 13.1. The molecule has 2 aromatic heterocycles. The number of nitrogens with zero attached hydrogens (tertiary/aromatic N) is 2. The molecule has 0 radical (unpaired) electrons. The fraction of sp³-hybridized carbons (Fsp3) is 0.417. The van der Waals surface area contributed by atoms with Gasteiger partial charge in [-0.2, -0.15) is 0 Å². The maximum atomic E-state index is 11.6. The van der Waals surface area contributed by atoms with Crippen molar-refractivity contribution in [1.82, 2.24) is 9.97 Å². The van der Waals surface area contributed by atoms with Crippen molar-refractivity contribution in [3.63, 3.8) is 0 Å². The number of hydrogen-bond donors (Lipinski definition) is 0. The van der Waals surface area contributed by atoms with Crippen molar-refractivity contribution in [2.75, 3.05) is 7.11 Å². The Hall–Kier alpha value is -1.27. The van der Waals surface area contributed by atoms with Crippen LogP contribution in [0.3, 0.4) is 0 Å². The second-order valence-electron chi connectivity index (χ2n) is 3.76. The summed E-state index contributed by atoms with van der Waals surface area (Å²) in [5.74, 6) is -0.301. The summed E-state index contributed by atoms with van der Waals surface area (Å²) in [6, 6.07) is 0. The number of rotatable bonds is 4. The van der Waals surface area contributed by atoms with Gasteiger partial charge in [-0.15, -0.1) is 22.7 Å². The summed E-state index contributed by atoms with van der Waals surface area (Å²) in [6.07, 6.45) is 1.41. The lowest BCUT2D eigenvalue weighted by Gasteiger charge is -1.95. The Morgan fingerprint density at radius 2 is 2.22 bits per heavy atom. The highest BCUT2D eigenvalue weighted by molar-refractivity contribution is 7.13. The highest BCUT2D eigenvalue weighted by atomic mass is 32.1. The van der Waals surface area contributed by atoms with Crippen LogP contribution < -0.4 is 0 Å². The quantitative estimate of drug-likeness (QED) is 0.809. The van der Waals surface area contributed by atoms with Gasteiger partial charge in [-0.1, -0.05) is 6.92 Å². The first-order chi connectivity index (χ1) is 8.63. The van der Waals surface area contributed by atoms with Gasteiger partial charge in [0.05, 0.1) is 28.5 Å². The number of thiazole rings is 2. The Bertz CT molecular complexity index is 560. The molecule has 2 rings (SSSR count). The molecule has 0 fully saturated rings. The van der Waals surface area contributed by atoms with Crippen molar-refractivity contribution in [1.29, 1.82) is 0 Å². The molecule has 2 heterocycles. The summed E-state index contributed by atoms with van der Waals surface area (Å²) in [5, 5.41) is 3.99. The largest absolute Gasteiger partial charge is 0.465 e. The topological polar surface area (TPSA) is 52.1 Å². The van der Waals surface area contributed by atoms with Gasteiger partial charge >= 0.3 is 5.97 Å². The maximum Gasteiger partial charge on any atom is 0.349 e. The number of carbonyl (C=O) groups is 1. The summed E-state index contributed by atoms with van der Waals surface area (Å²) >= 11 is 3.03. The number of aromatic nitrogens is 2. The first-order valence-electron chi connectivity index (χ1n) is 5.62. The van der Waals surface area contributed by atoms with Gasteiger partial charge in [-0.3, -0.25) is 0 Å². The Balaban J connectivity index is 2.24. The second-order valence-corrected chi connectivity index (χ2v) is 5.91. The average Bonchev–Trinajstić information content (AvgIpc) is 2.95. The highest BCUT2D eigenvalue weighted by Gasteiger charge is 2.17. The molecule has 4 nitrogen and oxygen atoms in total. The van der Waals surface area contributed by atoms with Crippen LogP contribution in [0.4, 0.5) is 0 Å². The first kappa shape index (κ1) is 13.2. The minimum atomic E-state index is -0.301. The number of methoxy groups -OCH3 is 1. The zero-order valence-electron chi connectivity index (χ0n) is 10.5. The normalized spacial score (nSPS) is 10.6. The minimum Gasteiger partial charge on any atom is -0.465 e. The van der Waals surface area contributed by atoms with Crippen molar-refractivity contribution in [3.8, 4) is 0 Å². The van der Waals surface area contributed by atoms with E-state index in [9.17, 15) is 4.79 Å². The van der Waals surface area contributed by atoms with E-state index < -0.39 is 0 Å². The molecule has 0 atom stereocenters. The predicted octanol–water partition coefficient (Wildman–Crippen LogP) is 2.85. The van der Waals surface area contributed by atoms with Crippen LogP contribution in [-0.4, -0.2) is 23.0 Å². The van der Waals surface area contributed by atoms with Crippen LogP contribution in [0.1, 0.15) is 38.0 Å². The standard InChI is InChI=1S/C12H14N2O2S2/c1-4-9-11(12(15)16-3)18-10(14-9)5-8-6-17-7(2)13-8/h6H,4-5H2,1-3H3. The number of aryl methyl sites for hydroxylation is 2. The van der Waals surface area contributed by atoms with Gasteiger partial charge in [0.2, 0.25) is 0 Å². The molecule has 0 aliphatic carbocycles. The van der Waals surface area contributed by atoms with Crippen molar-refractivity contribution in [3.05, 3.63) is 31.7 Å². The van der Waals surface area contributed by atoms with Gasteiger partial charge in [0, 0.05) is 11.8 Å². The summed E-state index contributed by atoms with van der Waals surface area (Å²) in [5.41, 5.74) is 1.82. The van der Waals surface area contributed by atoms with Crippen LogP contribution >= 0.6 is 22.7 Å². The Morgan fingerprint density at radius 3 is 2.78 bits per heavy atom. The first-order valence-corrected chi connectivity index (χ1v) is 7.31. The van der Waals surface area contributed by atoms with E-state index in [1.807, 2.05) is 19.2 Å². The van der Waals surface area contributed by atoms with E-state index in [1.165, 1.54) is 18.4 Å². The fourth-order valence-electron chi connectivity index (χ4n) is 1.61. The van der Waals surface area contributed by atoms with Crippen LogP contribution in [-0.2, 0) is 17.6 Å². The molecule has 0 saturated heterocycles. The average molecular weight is 282 g/mol. The van der Waals surface area contributed by atoms with Crippen LogP contribution in [0.25, 0.3) is 0 Å². The third kappa shape index (κ3) is 2.76. The Kier molecular flexibility index (Phi) is 4.08. The monoisotopic (exact) mass is 282 g/mol. The summed E-state index contributed by atoms with van der Waals surface area (Å²) in [6.45, 7) is 3.96. The van der Waals surface area contributed by atoms with E-state index >= 15 is 0 Å². The molecule has 0 spiro atoms. The van der Waals surface area contributed by atoms with Gasteiger partial charge in [-0.05, 0) is 13.3 Å². The number of esters is 1. The molecule has 0 amide bonds. The van der Waals surface area contributed by atoms with Crippen LogP contribution in [0.15, 0.2) is 5.38 Å². The van der Waals surface area contributed by atoms with E-state index in [4.69, 9.17) is 4.74 Å². The van der Waals surface area contributed by atoms with Crippen LogP contribution in [0, 0.1) is 6.92 Å². The molecule has 0 saturated carbocycles. The van der Waals surface area contributed by atoms with Crippen molar-refractivity contribution < 1.29 is 9.53 Å². The van der Waals surface area contributed by atoms with E-state index in [2.05, 4.69) is 9.97 Å². The second kappa shape index (κ2) is 5.58. The molecule has 0 aliphatic heterocycles. The molecule has 0 N–H and O–H groups in total. The van der Waals surface area contributed by atoms with Crippen LogP contribution in [0.2, 0.25) is 0 Å². The third-order valence-electron chi connectivity index (χ3n) is 2.45. The highest BCUT2D eigenvalue weighted by Crippen LogP contribution is 2.23. The SMILES string of the molecule is CCc1nc(Cc2csc(C)n2)sc1C(=O)OC. The smallest absolute Gasteiger partial charge is 0.349 e. The molecule has 0 bridgehead atoms. The van der Waals surface area contributed by atoms with Crippen molar-refractivity contribution in [2.24, 2.45) is 0 Å². The third-order valence-corrected chi connectivity index (χ3v) is 4.35. The summed E-state index contributed by atoms with van der Waals surface area (Å²) < 4.78 is 4.76.